The Labute approximate surface area is 154 Å². The van der Waals surface area contributed by atoms with Crippen molar-refractivity contribution in [1.29, 1.82) is 0 Å². The fraction of sp³-hybridized carbons (Fsp3) is 0.500. The van der Waals surface area contributed by atoms with Crippen molar-refractivity contribution >= 4 is 45.6 Å². The van der Waals surface area contributed by atoms with Gasteiger partial charge < -0.3 is 15.2 Å². The van der Waals surface area contributed by atoms with Gasteiger partial charge in [-0.15, -0.1) is 23.7 Å². The maximum atomic E-state index is 11.8. The predicted octanol–water partition coefficient (Wildman–Crippen LogP) is 3.03. The van der Waals surface area contributed by atoms with Gasteiger partial charge in [0.2, 0.25) is 17.6 Å². The molecule has 9 heteroatoms. The molecule has 2 rings (SSSR count). The molecule has 0 unspecified atom stereocenters. The number of amides is 1. The normalized spacial score (nSPS) is 11.8. The highest BCUT2D eigenvalue weighted by Crippen LogP contribution is 2.27. The maximum Gasteiger partial charge on any atom is 0.227 e. The summed E-state index contributed by atoms with van der Waals surface area (Å²) in [5.41, 5.74) is 0. The summed E-state index contributed by atoms with van der Waals surface area (Å²) in [6, 6.07) is 2.20. The number of hydrogen-bond donors (Lipinski definition) is 2. The highest BCUT2D eigenvalue weighted by molar-refractivity contribution is 9.10. The summed E-state index contributed by atoms with van der Waals surface area (Å²) in [5, 5.41) is 12.0. The summed E-state index contributed by atoms with van der Waals surface area (Å²) in [6.45, 7) is 5.58. The first-order valence-electron chi connectivity index (χ1n) is 7.15. The molecule has 1 atom stereocenters. The monoisotopic (exact) mass is 422 g/mol. The molecule has 0 saturated heterocycles. The molecule has 0 radical (unpaired) electrons. The number of thiophene rings is 1. The van der Waals surface area contributed by atoms with E-state index in [1.54, 1.807) is 0 Å². The molecule has 23 heavy (non-hydrogen) atoms. The number of hydrogen-bond acceptors (Lipinski definition) is 6. The zero-order valence-corrected chi connectivity index (χ0v) is 16.2. The lowest BCUT2D eigenvalue weighted by Gasteiger charge is -2.12. The van der Waals surface area contributed by atoms with Crippen LogP contribution in [0.2, 0.25) is 0 Å². The van der Waals surface area contributed by atoms with Gasteiger partial charge in [-0.2, -0.15) is 4.98 Å². The van der Waals surface area contributed by atoms with Crippen molar-refractivity contribution in [3.8, 4) is 10.7 Å². The molecule has 0 aliphatic heterocycles. The molecule has 128 valence electrons. The fourth-order valence-corrected chi connectivity index (χ4v) is 3.23. The Morgan fingerprint density at radius 2 is 2.30 bits per heavy atom. The Morgan fingerprint density at radius 3 is 2.96 bits per heavy atom. The standard InChI is InChI=1S/C14H19BrN4O2S.ClH/c1-3-16-9(2)7-17-12(20)4-5-13-18-14(19-21-13)11-6-10(15)8-22-11;/h6,8-9,16H,3-5,7H2,1-2H3,(H,17,20);1H/t9-;/m1./s1. The van der Waals surface area contributed by atoms with Crippen LogP contribution < -0.4 is 10.6 Å². The van der Waals surface area contributed by atoms with Gasteiger partial charge in [-0.1, -0.05) is 12.1 Å². The van der Waals surface area contributed by atoms with Gasteiger partial charge in [0.05, 0.1) is 4.88 Å². The summed E-state index contributed by atoms with van der Waals surface area (Å²) in [4.78, 5) is 17.0. The molecule has 0 aromatic carbocycles. The van der Waals surface area contributed by atoms with Gasteiger partial charge in [-0.3, -0.25) is 4.79 Å². The molecule has 0 spiro atoms. The van der Waals surface area contributed by atoms with Gasteiger partial charge in [0.15, 0.2) is 0 Å². The van der Waals surface area contributed by atoms with Crippen molar-refractivity contribution in [2.24, 2.45) is 0 Å². The number of rotatable bonds is 8. The van der Waals surface area contributed by atoms with Gasteiger partial charge in [0.25, 0.3) is 0 Å². The number of carbonyl (C=O) groups is 1. The number of halogens is 2. The molecule has 1 amide bonds. The fourth-order valence-electron chi connectivity index (χ4n) is 1.88. The molecule has 0 aliphatic rings. The molecule has 2 aromatic heterocycles. The van der Waals surface area contributed by atoms with E-state index in [4.69, 9.17) is 4.52 Å². The Kier molecular flexibility index (Phi) is 8.75. The minimum atomic E-state index is -0.0108. The number of likely N-dealkylation sites (N-methyl/N-ethyl adjacent to an activating group) is 1. The molecule has 0 aliphatic carbocycles. The molecule has 2 N–H and O–H groups in total. The molecule has 6 nitrogen and oxygen atoms in total. The Balaban J connectivity index is 0.00000264. The van der Waals surface area contributed by atoms with E-state index in [1.165, 1.54) is 11.3 Å². The second-order valence-corrected chi connectivity index (χ2v) is 6.73. The van der Waals surface area contributed by atoms with E-state index in [0.29, 0.717) is 31.1 Å². The van der Waals surface area contributed by atoms with Crippen LogP contribution in [0.5, 0.6) is 0 Å². The summed E-state index contributed by atoms with van der Waals surface area (Å²) < 4.78 is 6.17. The molecule has 0 bridgehead atoms. The predicted molar refractivity (Wildman–Crippen MR) is 97.0 cm³/mol. The first-order valence-corrected chi connectivity index (χ1v) is 8.82. The van der Waals surface area contributed by atoms with Crippen LogP contribution in [0.25, 0.3) is 10.7 Å². The first kappa shape index (κ1) is 20.1. The first-order chi connectivity index (χ1) is 10.6. The Morgan fingerprint density at radius 1 is 1.52 bits per heavy atom. The van der Waals surface area contributed by atoms with Crippen LogP contribution in [0.4, 0.5) is 0 Å². The average molecular weight is 424 g/mol. The highest BCUT2D eigenvalue weighted by atomic mass is 79.9. The molecular weight excluding hydrogens is 404 g/mol. The van der Waals surface area contributed by atoms with Crippen molar-refractivity contribution in [3.63, 3.8) is 0 Å². The highest BCUT2D eigenvalue weighted by Gasteiger charge is 2.12. The average Bonchev–Trinajstić information content (AvgIpc) is 3.12. The van der Waals surface area contributed by atoms with Crippen LogP contribution in [0.15, 0.2) is 20.4 Å². The summed E-state index contributed by atoms with van der Waals surface area (Å²) >= 11 is 4.93. The van der Waals surface area contributed by atoms with Gasteiger partial charge in [0, 0.05) is 35.3 Å². The second kappa shape index (κ2) is 10.0. The number of carbonyl (C=O) groups excluding carboxylic acids is 1. The Bertz CT molecular complexity index is 619. The maximum absolute atomic E-state index is 11.8. The van der Waals surface area contributed by atoms with E-state index in [2.05, 4.69) is 36.7 Å². The number of nitrogens with zero attached hydrogens (tertiary/aromatic N) is 2. The summed E-state index contributed by atoms with van der Waals surface area (Å²) in [7, 11) is 0. The molecule has 0 saturated carbocycles. The van der Waals surface area contributed by atoms with Crippen molar-refractivity contribution in [2.45, 2.75) is 32.7 Å². The van der Waals surface area contributed by atoms with Gasteiger partial charge in [-0.25, -0.2) is 0 Å². The molecule has 0 fully saturated rings. The number of aryl methyl sites for hydroxylation is 1. The third-order valence-electron chi connectivity index (χ3n) is 2.98. The van der Waals surface area contributed by atoms with Crippen LogP contribution in [0, 0.1) is 0 Å². The molecule has 2 heterocycles. The van der Waals surface area contributed by atoms with Crippen molar-refractivity contribution in [3.05, 3.63) is 21.8 Å². The van der Waals surface area contributed by atoms with Gasteiger partial charge in [0.1, 0.15) is 0 Å². The Hall–Kier alpha value is -0.960. The van der Waals surface area contributed by atoms with E-state index < -0.39 is 0 Å². The quantitative estimate of drug-likeness (QED) is 0.682. The topological polar surface area (TPSA) is 80.0 Å². The van der Waals surface area contributed by atoms with Crippen LogP contribution in [0.3, 0.4) is 0 Å². The van der Waals surface area contributed by atoms with Crippen molar-refractivity contribution in [1.82, 2.24) is 20.8 Å². The zero-order valence-electron chi connectivity index (χ0n) is 13.0. The zero-order chi connectivity index (χ0) is 15.9. The van der Waals surface area contributed by atoms with Crippen LogP contribution in [0.1, 0.15) is 26.2 Å². The lowest BCUT2D eigenvalue weighted by atomic mass is 10.2. The third kappa shape index (κ3) is 6.58. The van der Waals surface area contributed by atoms with Crippen molar-refractivity contribution < 1.29 is 9.32 Å². The lowest BCUT2D eigenvalue weighted by molar-refractivity contribution is -0.121. The number of nitrogens with one attached hydrogen (secondary N) is 2. The SMILES string of the molecule is CCN[C@H](C)CNC(=O)CCc1nc(-c2cc(Br)cs2)no1.Cl. The second-order valence-electron chi connectivity index (χ2n) is 4.90. The molecule has 2 aromatic rings. The summed E-state index contributed by atoms with van der Waals surface area (Å²) in [6.07, 6.45) is 0.787. The van der Waals surface area contributed by atoms with Crippen molar-refractivity contribution in [2.75, 3.05) is 13.1 Å². The van der Waals surface area contributed by atoms with Crippen LogP contribution in [-0.4, -0.2) is 35.2 Å². The van der Waals surface area contributed by atoms with E-state index in [1.807, 2.05) is 25.3 Å². The minimum Gasteiger partial charge on any atom is -0.355 e. The van der Waals surface area contributed by atoms with Crippen LogP contribution in [-0.2, 0) is 11.2 Å². The lowest BCUT2D eigenvalue weighted by Crippen LogP contribution is -2.38. The van der Waals surface area contributed by atoms with E-state index >= 15 is 0 Å². The number of aromatic nitrogens is 2. The van der Waals surface area contributed by atoms with E-state index in [9.17, 15) is 4.79 Å². The largest absolute Gasteiger partial charge is 0.355 e. The smallest absolute Gasteiger partial charge is 0.227 e. The third-order valence-corrected chi connectivity index (χ3v) is 4.67. The molecular formula is C14H20BrClN4O2S. The van der Waals surface area contributed by atoms with E-state index in [0.717, 1.165) is 15.9 Å². The van der Waals surface area contributed by atoms with Gasteiger partial charge >= 0.3 is 0 Å². The summed E-state index contributed by atoms with van der Waals surface area (Å²) in [5.74, 6) is 1.03. The van der Waals surface area contributed by atoms with Crippen LogP contribution >= 0.6 is 39.7 Å². The minimum absolute atomic E-state index is 0. The van der Waals surface area contributed by atoms with E-state index in [-0.39, 0.29) is 24.4 Å². The van der Waals surface area contributed by atoms with Gasteiger partial charge in [-0.05, 0) is 35.5 Å².